The summed E-state index contributed by atoms with van der Waals surface area (Å²) in [6.07, 6.45) is -0.678. The molecule has 16 heteroatoms. The molecule has 7 fully saturated rings. The van der Waals surface area contributed by atoms with Crippen molar-refractivity contribution in [1.29, 1.82) is 0 Å². The van der Waals surface area contributed by atoms with E-state index >= 15 is 0 Å². The Balaban J connectivity index is 1.24. The predicted molar refractivity (Wildman–Crippen MR) is 194 cm³/mol. The largest absolute Gasteiger partial charge is 0.469 e. The van der Waals surface area contributed by atoms with Crippen LogP contribution in [0.5, 0.6) is 0 Å². The summed E-state index contributed by atoms with van der Waals surface area (Å²) in [6.45, 7) is 5.66. The molecule has 0 aromatic heterocycles. The van der Waals surface area contributed by atoms with Gasteiger partial charge in [0.25, 0.3) is 5.79 Å². The highest BCUT2D eigenvalue weighted by atomic mass is 16.7. The van der Waals surface area contributed by atoms with E-state index in [0.717, 1.165) is 7.11 Å². The van der Waals surface area contributed by atoms with E-state index in [0.29, 0.717) is 5.56 Å². The summed E-state index contributed by atoms with van der Waals surface area (Å²) in [4.78, 5) is 56.3. The van der Waals surface area contributed by atoms with Crippen molar-refractivity contribution in [3.8, 4) is 0 Å². The van der Waals surface area contributed by atoms with Crippen LogP contribution in [-0.2, 0) is 61.8 Å². The molecule has 0 unspecified atom stereocenters. The number of esters is 4. The molecule has 5 heterocycles. The lowest BCUT2D eigenvalue weighted by atomic mass is 9.37. The van der Waals surface area contributed by atoms with Crippen LogP contribution in [0.2, 0.25) is 0 Å². The molecule has 5 aliphatic heterocycles. The van der Waals surface area contributed by atoms with Gasteiger partial charge in [-0.25, -0.2) is 14.4 Å². The van der Waals surface area contributed by atoms with E-state index in [1.54, 1.807) is 64.1 Å². The minimum Gasteiger partial charge on any atom is -0.469 e. The molecule has 9 rings (SSSR count). The Morgan fingerprint density at radius 3 is 2.36 bits per heavy atom. The van der Waals surface area contributed by atoms with Gasteiger partial charge in [0.15, 0.2) is 5.60 Å². The maximum Gasteiger partial charge on any atom is 0.366 e. The standard InChI is InChI=1S/C42H48O16/c1-7-21(2)31(45)56-24-18-25(55-27(43)14-13-22-11-9-8-10-12-22)39(33(46)50-5)19-53-28-29(39)38(24)20-54-41(49,34(47)51-6)32(38)36(3,30(28)44)42-26-17-23(37(42,4)58-42)40(48)15-16-52-35(40)57-26/h7-16,23-26,28-30,32,35,44,48-49H,17-20H2,1-6H3/b14-13+,21-7+/t23-,24+,25-,26+,28-,29-,30-,32+,35+,36-,37+,38+,39+,40+,41+,42+/m1/s1. The molecule has 2 bridgehead atoms. The fraction of sp³-hybridized carbons (Fsp3) is 0.619. The predicted octanol–water partition coefficient (Wildman–Crippen LogP) is 1.49. The second kappa shape index (κ2) is 12.7. The van der Waals surface area contributed by atoms with Gasteiger partial charge in [-0.3, -0.25) is 4.79 Å². The van der Waals surface area contributed by atoms with E-state index in [1.807, 2.05) is 6.07 Å². The SMILES string of the molecule is C/C=C(\C)C(=O)O[C@H]1C[C@@H](OC(=O)/C=C/c2ccccc2)[C@@]2(C(=O)OC)CO[C@H]3[C@@H](O)[C@@](C)([C@]45O[C@@]4(C)[C@H]4C[C@@H]5O[C@@H]5OC=C[C@@]54O)[C@H]4[C@]1(CO[C@]4(O)C(=O)OC)[C@@H]32. The first-order valence-electron chi connectivity index (χ1n) is 19.5. The molecule has 3 saturated carbocycles. The zero-order chi connectivity index (χ0) is 41.4. The molecule has 1 spiro atoms. The molecule has 0 radical (unpaired) electrons. The van der Waals surface area contributed by atoms with Gasteiger partial charge >= 0.3 is 23.9 Å². The summed E-state index contributed by atoms with van der Waals surface area (Å²) in [5, 5.41) is 37.9. The first-order valence-corrected chi connectivity index (χ1v) is 19.5. The van der Waals surface area contributed by atoms with Crippen LogP contribution in [0.25, 0.3) is 6.08 Å². The average molecular weight is 809 g/mol. The lowest BCUT2D eigenvalue weighted by Gasteiger charge is -2.65. The molecule has 0 amide bonds. The van der Waals surface area contributed by atoms with Crippen LogP contribution in [-0.4, -0.2) is 126 Å². The van der Waals surface area contributed by atoms with Gasteiger partial charge in [-0.05, 0) is 44.9 Å². The smallest absolute Gasteiger partial charge is 0.366 e. The lowest BCUT2D eigenvalue weighted by Crippen LogP contribution is -2.79. The van der Waals surface area contributed by atoms with E-state index in [1.165, 1.54) is 25.5 Å². The zero-order valence-corrected chi connectivity index (χ0v) is 32.9. The Morgan fingerprint density at radius 2 is 1.67 bits per heavy atom. The number of carbonyl (C=O) groups is 4. The van der Waals surface area contributed by atoms with Crippen LogP contribution in [0.1, 0.15) is 46.1 Å². The maximum atomic E-state index is 14.5. The quantitative estimate of drug-likeness (QED) is 0.147. The first kappa shape index (κ1) is 39.3. The van der Waals surface area contributed by atoms with Crippen LogP contribution >= 0.6 is 0 Å². The first-order chi connectivity index (χ1) is 27.5. The fourth-order valence-corrected chi connectivity index (χ4v) is 12.9. The van der Waals surface area contributed by atoms with E-state index in [2.05, 4.69) is 0 Å². The number of aliphatic hydroxyl groups excluding tert-OH is 1. The molecule has 3 N–H and O–H groups in total. The Bertz CT molecular complexity index is 2030. The van der Waals surface area contributed by atoms with Gasteiger partial charge in [0, 0.05) is 46.7 Å². The number of ether oxygens (including phenoxy) is 9. The topological polar surface area (TPSA) is 215 Å². The van der Waals surface area contributed by atoms with Gasteiger partial charge in [-0.15, -0.1) is 0 Å². The minimum absolute atomic E-state index is 0.222. The van der Waals surface area contributed by atoms with Gasteiger partial charge in [0.1, 0.15) is 28.8 Å². The van der Waals surface area contributed by atoms with Crippen LogP contribution < -0.4 is 0 Å². The van der Waals surface area contributed by atoms with Gasteiger partial charge in [-0.1, -0.05) is 43.3 Å². The molecular formula is C42H48O16. The molecule has 4 saturated heterocycles. The third kappa shape index (κ3) is 4.49. The van der Waals surface area contributed by atoms with Crippen molar-refractivity contribution in [2.75, 3.05) is 27.4 Å². The number of aliphatic hydroxyl groups is 3. The second-order valence-electron chi connectivity index (χ2n) is 17.3. The van der Waals surface area contributed by atoms with E-state index < -0.39 is 130 Å². The zero-order valence-electron chi connectivity index (χ0n) is 32.9. The normalized spacial score (nSPS) is 48.9. The van der Waals surface area contributed by atoms with Crippen molar-refractivity contribution in [2.24, 2.45) is 34.0 Å². The van der Waals surface area contributed by atoms with Crippen LogP contribution in [0.3, 0.4) is 0 Å². The fourth-order valence-electron chi connectivity index (χ4n) is 12.9. The molecule has 312 valence electrons. The van der Waals surface area contributed by atoms with E-state index in [4.69, 9.17) is 42.6 Å². The van der Waals surface area contributed by atoms with E-state index in [-0.39, 0.29) is 18.4 Å². The molecule has 1 aromatic carbocycles. The summed E-state index contributed by atoms with van der Waals surface area (Å²) in [5.41, 5.74) is -9.01. The highest BCUT2D eigenvalue weighted by molar-refractivity contribution is 5.89. The Hall–Kier alpha value is -4.16. The molecule has 8 aliphatic rings. The number of carbonyl (C=O) groups excluding carboxylic acids is 4. The molecule has 1 aromatic rings. The number of fused-ring (bicyclic) bond motifs is 7. The summed E-state index contributed by atoms with van der Waals surface area (Å²) in [7, 11) is 2.24. The second-order valence-corrected chi connectivity index (χ2v) is 17.3. The Labute approximate surface area is 334 Å². The van der Waals surface area contributed by atoms with Crippen molar-refractivity contribution < 1.29 is 77.1 Å². The number of rotatable bonds is 8. The van der Waals surface area contributed by atoms with Crippen LogP contribution in [0.15, 0.2) is 60.4 Å². The molecule has 16 atom stereocenters. The average Bonchev–Trinajstić information content (AvgIpc) is 3.59. The number of allylic oxidation sites excluding steroid dienone is 1. The lowest BCUT2D eigenvalue weighted by molar-refractivity contribution is -0.314. The van der Waals surface area contributed by atoms with Crippen molar-refractivity contribution >= 4 is 30.0 Å². The number of hydrogen-bond donors (Lipinski definition) is 3. The van der Waals surface area contributed by atoms with Gasteiger partial charge in [0.2, 0.25) is 6.29 Å². The number of hydrogen-bond acceptors (Lipinski definition) is 16. The summed E-state index contributed by atoms with van der Waals surface area (Å²) >= 11 is 0. The monoisotopic (exact) mass is 808 g/mol. The van der Waals surface area contributed by atoms with E-state index in [9.17, 15) is 34.5 Å². The van der Waals surface area contributed by atoms with Gasteiger partial charge in [-0.2, -0.15) is 0 Å². The third-order valence-electron chi connectivity index (χ3n) is 15.3. The Morgan fingerprint density at radius 1 is 0.948 bits per heavy atom. The van der Waals surface area contributed by atoms with Gasteiger partial charge < -0.3 is 58.0 Å². The third-order valence-corrected chi connectivity index (χ3v) is 15.3. The van der Waals surface area contributed by atoms with Crippen LogP contribution in [0, 0.1) is 34.0 Å². The number of benzene rings is 1. The number of methoxy groups -OCH3 is 2. The van der Waals surface area contributed by atoms with Gasteiger partial charge in [0.05, 0.1) is 52.0 Å². The van der Waals surface area contributed by atoms with Crippen LogP contribution in [0.4, 0.5) is 0 Å². The highest BCUT2D eigenvalue weighted by Crippen LogP contribution is 2.83. The Kier molecular flexibility index (Phi) is 8.59. The summed E-state index contributed by atoms with van der Waals surface area (Å²) in [5.74, 6) is -10.0. The van der Waals surface area contributed by atoms with Crippen molar-refractivity contribution in [3.63, 3.8) is 0 Å². The minimum atomic E-state index is -2.86. The molecular weight excluding hydrogens is 760 g/mol. The molecule has 3 aliphatic carbocycles. The van der Waals surface area contributed by atoms with Crippen molar-refractivity contribution in [1.82, 2.24) is 0 Å². The summed E-state index contributed by atoms with van der Waals surface area (Å²) < 4.78 is 54.9. The highest BCUT2D eigenvalue weighted by Gasteiger charge is 2.97. The molecule has 58 heavy (non-hydrogen) atoms. The van der Waals surface area contributed by atoms with Crippen molar-refractivity contribution in [2.45, 2.75) is 99.9 Å². The summed E-state index contributed by atoms with van der Waals surface area (Å²) in [6, 6.07) is 9.00. The number of epoxide rings is 1. The molecule has 16 nitrogen and oxygen atoms in total. The maximum absolute atomic E-state index is 14.5. The van der Waals surface area contributed by atoms with Crippen molar-refractivity contribution in [3.05, 3.63) is 66.0 Å².